The lowest BCUT2D eigenvalue weighted by atomic mass is 10.0. The monoisotopic (exact) mass is 199 g/mol. The molecule has 14 heavy (non-hydrogen) atoms. The molecule has 1 aliphatic rings. The van der Waals surface area contributed by atoms with Gasteiger partial charge in [-0.05, 0) is 38.6 Å². The van der Waals surface area contributed by atoms with E-state index in [1.807, 2.05) is 6.92 Å². The van der Waals surface area contributed by atoms with Crippen LogP contribution < -0.4 is 0 Å². The summed E-state index contributed by atoms with van der Waals surface area (Å²) in [5.41, 5.74) is -0.485. The minimum absolute atomic E-state index is 0.485. The van der Waals surface area contributed by atoms with Crippen LogP contribution in [0.5, 0.6) is 0 Å². The minimum atomic E-state index is -0.485. The van der Waals surface area contributed by atoms with Crippen molar-refractivity contribution in [3.05, 3.63) is 0 Å². The molecule has 0 amide bonds. The van der Waals surface area contributed by atoms with E-state index in [1.165, 1.54) is 32.4 Å². The summed E-state index contributed by atoms with van der Waals surface area (Å²) in [5.74, 6) is 0.882. The molecule has 1 saturated heterocycles. The lowest BCUT2D eigenvalue weighted by Gasteiger charge is -2.27. The van der Waals surface area contributed by atoms with Crippen LogP contribution >= 0.6 is 0 Å². The lowest BCUT2D eigenvalue weighted by molar-refractivity contribution is 0.0220. The summed E-state index contributed by atoms with van der Waals surface area (Å²) < 4.78 is 0. The molecule has 0 aromatic heterocycles. The predicted octanol–water partition coefficient (Wildman–Crippen LogP) is 2.27. The Hall–Kier alpha value is -0.0800. The molecule has 2 nitrogen and oxygen atoms in total. The second kappa shape index (κ2) is 5.13. The summed E-state index contributed by atoms with van der Waals surface area (Å²) in [6, 6.07) is 0. The Balaban J connectivity index is 2.28. The van der Waals surface area contributed by atoms with E-state index < -0.39 is 5.60 Å². The number of likely N-dealkylation sites (tertiary alicyclic amines) is 1. The maximum atomic E-state index is 9.96. The first-order chi connectivity index (χ1) is 6.57. The minimum Gasteiger partial charge on any atom is -0.389 e. The van der Waals surface area contributed by atoms with Crippen LogP contribution in [0.4, 0.5) is 0 Å². The predicted molar refractivity (Wildman–Crippen MR) is 60.4 cm³/mol. The van der Waals surface area contributed by atoms with Crippen molar-refractivity contribution < 1.29 is 5.11 Å². The number of hydrogen-bond acceptors (Lipinski definition) is 2. The standard InChI is InChI=1S/C12H25NO/c1-4-6-11-7-8-13(9-11)10-12(3,14)5-2/h11,14H,4-10H2,1-3H3. The van der Waals surface area contributed by atoms with Crippen molar-refractivity contribution in [2.24, 2.45) is 5.92 Å². The second-order valence-corrected chi connectivity index (χ2v) is 5.03. The van der Waals surface area contributed by atoms with Crippen molar-refractivity contribution >= 4 is 0 Å². The summed E-state index contributed by atoms with van der Waals surface area (Å²) >= 11 is 0. The Labute approximate surface area is 88.3 Å². The summed E-state index contributed by atoms with van der Waals surface area (Å²) in [7, 11) is 0. The van der Waals surface area contributed by atoms with Gasteiger partial charge < -0.3 is 10.0 Å². The number of β-amino-alcohol motifs (C(OH)–C–C–N with tert-alkyl or cyclic N) is 1. The van der Waals surface area contributed by atoms with Crippen LogP contribution in [0.25, 0.3) is 0 Å². The van der Waals surface area contributed by atoms with E-state index in [-0.39, 0.29) is 0 Å². The maximum Gasteiger partial charge on any atom is 0.0743 e. The van der Waals surface area contributed by atoms with Gasteiger partial charge in [0.2, 0.25) is 0 Å². The second-order valence-electron chi connectivity index (χ2n) is 5.03. The number of hydrogen-bond donors (Lipinski definition) is 1. The first kappa shape index (κ1) is 12.0. The molecule has 1 aliphatic heterocycles. The van der Waals surface area contributed by atoms with Crippen molar-refractivity contribution in [2.75, 3.05) is 19.6 Å². The topological polar surface area (TPSA) is 23.5 Å². The van der Waals surface area contributed by atoms with Gasteiger partial charge in [0.1, 0.15) is 0 Å². The molecule has 2 unspecified atom stereocenters. The van der Waals surface area contributed by atoms with E-state index in [1.54, 1.807) is 0 Å². The fraction of sp³-hybridized carbons (Fsp3) is 1.00. The van der Waals surface area contributed by atoms with Gasteiger partial charge in [-0.15, -0.1) is 0 Å². The van der Waals surface area contributed by atoms with Gasteiger partial charge in [0, 0.05) is 13.1 Å². The Kier molecular flexibility index (Phi) is 4.39. The molecule has 0 aliphatic carbocycles. The third kappa shape index (κ3) is 3.58. The molecule has 1 rings (SSSR count). The highest BCUT2D eigenvalue weighted by molar-refractivity contribution is 4.82. The molecule has 2 atom stereocenters. The maximum absolute atomic E-state index is 9.96. The van der Waals surface area contributed by atoms with Gasteiger partial charge in [-0.25, -0.2) is 0 Å². The molecule has 1 heterocycles. The normalized spacial score (nSPS) is 27.9. The van der Waals surface area contributed by atoms with E-state index in [2.05, 4.69) is 18.7 Å². The number of aliphatic hydroxyl groups is 1. The first-order valence-electron chi connectivity index (χ1n) is 6.02. The molecular formula is C12H25NO. The van der Waals surface area contributed by atoms with Crippen molar-refractivity contribution in [2.45, 2.75) is 52.1 Å². The highest BCUT2D eigenvalue weighted by Crippen LogP contribution is 2.23. The Morgan fingerprint density at radius 2 is 2.14 bits per heavy atom. The van der Waals surface area contributed by atoms with Crippen LogP contribution in [0.3, 0.4) is 0 Å². The van der Waals surface area contributed by atoms with Crippen molar-refractivity contribution in [3.8, 4) is 0 Å². The van der Waals surface area contributed by atoms with Gasteiger partial charge >= 0.3 is 0 Å². The van der Waals surface area contributed by atoms with Crippen LogP contribution in [-0.4, -0.2) is 35.2 Å². The average Bonchev–Trinajstić information content (AvgIpc) is 2.53. The van der Waals surface area contributed by atoms with Crippen molar-refractivity contribution in [3.63, 3.8) is 0 Å². The number of nitrogens with zero attached hydrogens (tertiary/aromatic N) is 1. The highest BCUT2D eigenvalue weighted by Gasteiger charge is 2.27. The van der Waals surface area contributed by atoms with Gasteiger partial charge in [-0.3, -0.25) is 0 Å². The van der Waals surface area contributed by atoms with E-state index in [0.29, 0.717) is 0 Å². The SMILES string of the molecule is CCCC1CCN(CC(C)(O)CC)C1. The number of rotatable bonds is 5. The quantitative estimate of drug-likeness (QED) is 0.734. The summed E-state index contributed by atoms with van der Waals surface area (Å²) in [6.07, 6.45) is 4.82. The fourth-order valence-electron chi connectivity index (χ4n) is 2.29. The molecule has 0 aromatic carbocycles. The summed E-state index contributed by atoms with van der Waals surface area (Å²) in [4.78, 5) is 2.42. The van der Waals surface area contributed by atoms with Crippen molar-refractivity contribution in [1.29, 1.82) is 0 Å². The average molecular weight is 199 g/mol. The molecule has 0 radical (unpaired) electrons. The molecule has 0 spiro atoms. The van der Waals surface area contributed by atoms with Crippen LogP contribution in [0.2, 0.25) is 0 Å². The third-order valence-electron chi connectivity index (χ3n) is 3.39. The van der Waals surface area contributed by atoms with Gasteiger partial charge in [-0.2, -0.15) is 0 Å². The Morgan fingerprint density at radius 1 is 1.43 bits per heavy atom. The third-order valence-corrected chi connectivity index (χ3v) is 3.39. The van der Waals surface area contributed by atoms with E-state index in [0.717, 1.165) is 18.9 Å². The van der Waals surface area contributed by atoms with Crippen LogP contribution in [0.1, 0.15) is 46.5 Å². The first-order valence-corrected chi connectivity index (χ1v) is 6.02. The molecule has 2 heteroatoms. The summed E-state index contributed by atoms with van der Waals surface area (Å²) in [5, 5.41) is 9.96. The van der Waals surface area contributed by atoms with E-state index >= 15 is 0 Å². The molecular weight excluding hydrogens is 174 g/mol. The lowest BCUT2D eigenvalue weighted by Crippen LogP contribution is -2.39. The fourth-order valence-corrected chi connectivity index (χ4v) is 2.29. The molecule has 0 saturated carbocycles. The van der Waals surface area contributed by atoms with Gasteiger partial charge in [0.05, 0.1) is 5.60 Å². The smallest absolute Gasteiger partial charge is 0.0743 e. The molecule has 0 bridgehead atoms. The van der Waals surface area contributed by atoms with E-state index in [9.17, 15) is 5.11 Å². The molecule has 0 aromatic rings. The Morgan fingerprint density at radius 3 is 2.71 bits per heavy atom. The zero-order chi connectivity index (χ0) is 10.6. The molecule has 1 N–H and O–H groups in total. The van der Waals surface area contributed by atoms with Crippen LogP contribution in [0.15, 0.2) is 0 Å². The molecule has 1 fully saturated rings. The van der Waals surface area contributed by atoms with Gasteiger partial charge in [0.25, 0.3) is 0 Å². The highest BCUT2D eigenvalue weighted by atomic mass is 16.3. The van der Waals surface area contributed by atoms with Crippen LogP contribution in [0, 0.1) is 5.92 Å². The van der Waals surface area contributed by atoms with Crippen molar-refractivity contribution in [1.82, 2.24) is 4.90 Å². The van der Waals surface area contributed by atoms with Crippen LogP contribution in [-0.2, 0) is 0 Å². The van der Waals surface area contributed by atoms with Gasteiger partial charge in [0.15, 0.2) is 0 Å². The summed E-state index contributed by atoms with van der Waals surface area (Å²) in [6.45, 7) is 9.49. The largest absolute Gasteiger partial charge is 0.389 e. The zero-order valence-corrected chi connectivity index (χ0v) is 9.92. The molecule has 84 valence electrons. The Bertz CT molecular complexity index is 168. The van der Waals surface area contributed by atoms with Gasteiger partial charge in [-0.1, -0.05) is 20.3 Å². The zero-order valence-electron chi connectivity index (χ0n) is 9.92. The van der Waals surface area contributed by atoms with E-state index in [4.69, 9.17) is 0 Å².